The number of halogens is 1. The third-order valence-electron chi connectivity index (χ3n) is 1.52. The van der Waals surface area contributed by atoms with Crippen LogP contribution in [0, 0.1) is 0 Å². The molecule has 0 saturated heterocycles. The Labute approximate surface area is 70.6 Å². The Bertz CT molecular complexity index is 443. The monoisotopic (exact) mass is 212 g/mol. The zero-order valence-electron chi connectivity index (χ0n) is 5.52. The highest BCUT2D eigenvalue weighted by molar-refractivity contribution is 9.10. The molecular weight excluding hydrogens is 208 g/mol. The molecule has 0 bridgehead atoms. The number of pyridine rings is 1. The van der Waals surface area contributed by atoms with Gasteiger partial charge in [-0.1, -0.05) is 0 Å². The van der Waals surface area contributed by atoms with Gasteiger partial charge in [0.05, 0.1) is 0 Å². The van der Waals surface area contributed by atoms with Crippen molar-refractivity contribution in [1.29, 1.82) is 0 Å². The van der Waals surface area contributed by atoms with Gasteiger partial charge in [0.25, 0.3) is 0 Å². The molecule has 0 amide bonds. The lowest BCUT2D eigenvalue weighted by Crippen LogP contribution is -2.01. The van der Waals surface area contributed by atoms with Crippen LogP contribution in [0.5, 0.6) is 0 Å². The number of hydrogen-bond acceptors (Lipinski definition) is 1. The summed E-state index contributed by atoms with van der Waals surface area (Å²) in [5, 5.41) is 0.990. The summed E-state index contributed by atoms with van der Waals surface area (Å²) < 4.78 is 0.962. The van der Waals surface area contributed by atoms with E-state index < -0.39 is 0 Å². The third-order valence-corrected chi connectivity index (χ3v) is 2.18. The Balaban J connectivity index is 2.96. The number of rotatable bonds is 0. The van der Waals surface area contributed by atoms with E-state index in [-0.39, 0.29) is 5.56 Å². The van der Waals surface area contributed by atoms with Gasteiger partial charge < -0.3 is 9.97 Å². The molecule has 3 nitrogen and oxygen atoms in total. The molecule has 0 unspecified atom stereocenters. The summed E-state index contributed by atoms with van der Waals surface area (Å²) in [6.07, 6.45) is 1.79. The third kappa shape index (κ3) is 0.991. The Morgan fingerprint density at radius 1 is 1.36 bits per heavy atom. The van der Waals surface area contributed by atoms with Crippen LogP contribution in [0.3, 0.4) is 0 Å². The Kier molecular flexibility index (Phi) is 1.35. The fourth-order valence-corrected chi connectivity index (χ4v) is 1.45. The highest BCUT2D eigenvalue weighted by atomic mass is 79.9. The van der Waals surface area contributed by atoms with Crippen LogP contribution >= 0.6 is 15.9 Å². The summed E-state index contributed by atoms with van der Waals surface area (Å²) in [4.78, 5) is 16.4. The minimum absolute atomic E-state index is 0.0909. The van der Waals surface area contributed by atoms with E-state index in [1.165, 1.54) is 6.07 Å². The molecule has 0 aromatic carbocycles. The SMILES string of the molecule is O=c1ccc2c(Br)c[nH]c2[nH]1. The van der Waals surface area contributed by atoms with Gasteiger partial charge in [-0.15, -0.1) is 0 Å². The van der Waals surface area contributed by atoms with Crippen molar-refractivity contribution in [1.82, 2.24) is 9.97 Å². The minimum atomic E-state index is -0.0909. The van der Waals surface area contributed by atoms with E-state index in [1.807, 2.05) is 0 Å². The smallest absolute Gasteiger partial charge is 0.249 e. The quantitative estimate of drug-likeness (QED) is 0.686. The van der Waals surface area contributed by atoms with Crippen LogP contribution in [-0.4, -0.2) is 9.97 Å². The molecule has 2 aromatic rings. The molecule has 0 radical (unpaired) electrons. The molecule has 0 aliphatic heterocycles. The van der Waals surface area contributed by atoms with Gasteiger partial charge in [0, 0.05) is 22.1 Å². The Hall–Kier alpha value is -1.03. The molecule has 56 valence electrons. The summed E-state index contributed by atoms with van der Waals surface area (Å²) in [6.45, 7) is 0. The van der Waals surface area contributed by atoms with Gasteiger partial charge in [0.15, 0.2) is 0 Å². The van der Waals surface area contributed by atoms with E-state index in [2.05, 4.69) is 25.9 Å². The lowest BCUT2D eigenvalue weighted by atomic mass is 10.3. The average Bonchev–Trinajstić information content (AvgIpc) is 2.32. The first-order valence-electron chi connectivity index (χ1n) is 3.13. The van der Waals surface area contributed by atoms with Crippen molar-refractivity contribution in [2.24, 2.45) is 0 Å². The lowest BCUT2D eigenvalue weighted by Gasteiger charge is -1.86. The van der Waals surface area contributed by atoms with Crippen LogP contribution in [0.25, 0.3) is 11.0 Å². The maximum absolute atomic E-state index is 10.8. The highest BCUT2D eigenvalue weighted by Gasteiger charge is 1.98. The second-order valence-corrected chi connectivity index (χ2v) is 3.10. The van der Waals surface area contributed by atoms with Gasteiger partial charge in [0.2, 0.25) is 5.56 Å². The van der Waals surface area contributed by atoms with E-state index in [0.29, 0.717) is 0 Å². The molecule has 2 N–H and O–H groups in total. The minimum Gasteiger partial charge on any atom is -0.346 e. The standard InChI is InChI=1S/C7H5BrN2O/c8-5-3-9-7-4(5)1-2-6(11)10-7/h1-3H,(H2,9,10,11). The number of hydrogen-bond donors (Lipinski definition) is 2. The van der Waals surface area contributed by atoms with Gasteiger partial charge in [0.1, 0.15) is 5.65 Å². The van der Waals surface area contributed by atoms with Gasteiger partial charge in [-0.3, -0.25) is 4.79 Å². The molecular formula is C7H5BrN2O. The van der Waals surface area contributed by atoms with E-state index in [0.717, 1.165) is 15.5 Å². The van der Waals surface area contributed by atoms with Crippen molar-refractivity contribution in [3.63, 3.8) is 0 Å². The molecule has 2 rings (SSSR count). The largest absolute Gasteiger partial charge is 0.346 e. The summed E-state index contributed by atoms with van der Waals surface area (Å²) in [6, 6.07) is 3.27. The average molecular weight is 213 g/mol. The number of nitrogens with one attached hydrogen (secondary N) is 2. The summed E-state index contributed by atoms with van der Waals surface area (Å²) in [5.74, 6) is 0. The molecule has 2 aromatic heterocycles. The van der Waals surface area contributed by atoms with Crippen molar-refractivity contribution in [3.8, 4) is 0 Å². The van der Waals surface area contributed by atoms with E-state index >= 15 is 0 Å². The number of aromatic amines is 2. The van der Waals surface area contributed by atoms with Crippen molar-refractivity contribution >= 4 is 27.0 Å². The number of aromatic nitrogens is 2. The molecule has 0 aliphatic rings. The predicted molar refractivity (Wildman–Crippen MR) is 46.6 cm³/mol. The summed E-state index contributed by atoms with van der Waals surface area (Å²) in [7, 11) is 0. The first-order valence-corrected chi connectivity index (χ1v) is 3.92. The topological polar surface area (TPSA) is 48.6 Å². The molecule has 0 aliphatic carbocycles. The fourth-order valence-electron chi connectivity index (χ4n) is 1.00. The molecule has 11 heavy (non-hydrogen) atoms. The molecule has 0 atom stereocenters. The van der Waals surface area contributed by atoms with Crippen molar-refractivity contribution in [2.45, 2.75) is 0 Å². The Morgan fingerprint density at radius 2 is 2.18 bits per heavy atom. The van der Waals surface area contributed by atoms with Crippen molar-refractivity contribution in [2.75, 3.05) is 0 Å². The normalized spacial score (nSPS) is 10.6. The Morgan fingerprint density at radius 3 is 3.00 bits per heavy atom. The molecule has 0 fully saturated rings. The van der Waals surface area contributed by atoms with Crippen molar-refractivity contribution < 1.29 is 0 Å². The van der Waals surface area contributed by atoms with Crippen molar-refractivity contribution in [3.05, 3.63) is 33.2 Å². The maximum atomic E-state index is 10.8. The summed E-state index contributed by atoms with van der Waals surface area (Å²) in [5.41, 5.74) is 0.663. The highest BCUT2D eigenvalue weighted by Crippen LogP contribution is 2.19. The molecule has 0 saturated carbocycles. The zero-order chi connectivity index (χ0) is 7.84. The van der Waals surface area contributed by atoms with Gasteiger partial charge >= 0.3 is 0 Å². The fraction of sp³-hybridized carbons (Fsp3) is 0. The van der Waals surface area contributed by atoms with Crippen LogP contribution in [0.4, 0.5) is 0 Å². The predicted octanol–water partition coefficient (Wildman–Crippen LogP) is 1.62. The first-order chi connectivity index (χ1) is 5.27. The van der Waals surface area contributed by atoms with Crippen LogP contribution in [-0.2, 0) is 0 Å². The maximum Gasteiger partial charge on any atom is 0.249 e. The van der Waals surface area contributed by atoms with Crippen LogP contribution < -0.4 is 5.56 Å². The van der Waals surface area contributed by atoms with Crippen LogP contribution in [0.2, 0.25) is 0 Å². The van der Waals surface area contributed by atoms with E-state index in [9.17, 15) is 4.79 Å². The molecule has 4 heteroatoms. The number of H-pyrrole nitrogens is 2. The second-order valence-electron chi connectivity index (χ2n) is 2.25. The van der Waals surface area contributed by atoms with Gasteiger partial charge in [-0.25, -0.2) is 0 Å². The lowest BCUT2D eigenvalue weighted by molar-refractivity contribution is 1.26. The number of fused-ring (bicyclic) bond motifs is 1. The second kappa shape index (κ2) is 2.23. The zero-order valence-corrected chi connectivity index (χ0v) is 7.10. The summed E-state index contributed by atoms with van der Waals surface area (Å²) >= 11 is 3.34. The molecule has 0 spiro atoms. The van der Waals surface area contributed by atoms with E-state index in [4.69, 9.17) is 0 Å². The van der Waals surface area contributed by atoms with Gasteiger partial charge in [-0.05, 0) is 22.0 Å². The first kappa shape index (κ1) is 6.67. The van der Waals surface area contributed by atoms with E-state index in [1.54, 1.807) is 12.3 Å². The van der Waals surface area contributed by atoms with Gasteiger partial charge in [-0.2, -0.15) is 0 Å². The molecule has 2 heterocycles. The van der Waals surface area contributed by atoms with Crippen LogP contribution in [0.15, 0.2) is 27.6 Å². The van der Waals surface area contributed by atoms with Crippen LogP contribution in [0.1, 0.15) is 0 Å².